The maximum atomic E-state index is 14.6. The molecule has 2 atom stereocenters. The monoisotopic (exact) mass is 536 g/mol. The van der Waals surface area contributed by atoms with Crippen molar-refractivity contribution in [2.45, 2.75) is 23.7 Å². The van der Waals surface area contributed by atoms with Gasteiger partial charge >= 0.3 is 17.9 Å². The van der Waals surface area contributed by atoms with E-state index in [-0.39, 0.29) is 11.5 Å². The van der Waals surface area contributed by atoms with Gasteiger partial charge in [-0.2, -0.15) is 13.2 Å². The molecule has 39 heavy (non-hydrogen) atoms. The number of hydrogen-bond donors (Lipinski definition) is 0. The Balaban J connectivity index is 1.50. The summed E-state index contributed by atoms with van der Waals surface area (Å²) in [5.74, 6) is -5.10. The molecule has 7 nitrogen and oxygen atoms in total. The van der Waals surface area contributed by atoms with E-state index in [0.29, 0.717) is 5.39 Å². The molecular formula is C29H19F3O7. The van der Waals surface area contributed by atoms with Crippen molar-refractivity contribution in [1.82, 2.24) is 0 Å². The molecule has 6 rings (SSSR count). The minimum atomic E-state index is -5.29. The number of allylic oxidation sites excluding steroid dienone is 2. The maximum Gasteiger partial charge on any atom is 0.432 e. The number of carbonyl (C=O) groups excluding carboxylic acids is 3. The molecular weight excluding hydrogens is 517 g/mol. The molecule has 2 aliphatic carbocycles. The number of ketones is 2. The maximum absolute atomic E-state index is 14.6. The summed E-state index contributed by atoms with van der Waals surface area (Å²) in [5.41, 5.74) is -6.33. The molecule has 1 aliphatic heterocycles. The quantitative estimate of drug-likeness (QED) is 0.274. The van der Waals surface area contributed by atoms with Gasteiger partial charge in [-0.3, -0.25) is 9.59 Å². The number of carbonyl (C=O) groups is 3. The van der Waals surface area contributed by atoms with Crippen LogP contribution >= 0.6 is 0 Å². The Morgan fingerprint density at radius 2 is 1.44 bits per heavy atom. The molecule has 1 unspecified atom stereocenters. The number of rotatable bonds is 4. The Hall–Kier alpha value is -4.44. The predicted octanol–water partition coefficient (Wildman–Crippen LogP) is 4.59. The van der Waals surface area contributed by atoms with E-state index in [1.807, 2.05) is 0 Å². The highest BCUT2D eigenvalue weighted by atomic mass is 19.4. The van der Waals surface area contributed by atoms with E-state index in [4.69, 9.17) is 18.9 Å². The second kappa shape index (κ2) is 8.28. The van der Waals surface area contributed by atoms with Gasteiger partial charge in [-0.25, -0.2) is 4.79 Å². The van der Waals surface area contributed by atoms with Gasteiger partial charge in [0.15, 0.2) is 17.0 Å². The molecule has 0 saturated heterocycles. The highest BCUT2D eigenvalue weighted by Crippen LogP contribution is 2.53. The molecule has 2 spiro atoms. The van der Waals surface area contributed by atoms with Crippen LogP contribution in [0.1, 0.15) is 5.56 Å². The van der Waals surface area contributed by atoms with Gasteiger partial charge in [-0.1, -0.05) is 60.7 Å². The largest absolute Gasteiger partial charge is 0.449 e. The number of halogens is 3. The zero-order valence-electron chi connectivity index (χ0n) is 20.2. The molecule has 0 fully saturated rings. The van der Waals surface area contributed by atoms with E-state index >= 15 is 0 Å². The first-order chi connectivity index (χ1) is 18.6. The molecule has 0 saturated carbocycles. The SMILES string of the molecule is CO[C@@](C(=O)OC1C2(C=CC13C(=O)C=CC3=O)Oc1cccc3cccc(c13)O2)(c1ccccc1)C(F)(F)F. The summed E-state index contributed by atoms with van der Waals surface area (Å²) >= 11 is 0. The van der Waals surface area contributed by atoms with Crippen molar-refractivity contribution in [2.24, 2.45) is 5.41 Å². The lowest BCUT2D eigenvalue weighted by molar-refractivity contribution is -0.285. The number of benzene rings is 3. The lowest BCUT2D eigenvalue weighted by atomic mass is 9.79. The zero-order valence-corrected chi connectivity index (χ0v) is 20.2. The molecule has 0 bridgehead atoms. The average Bonchev–Trinajstić information content (AvgIpc) is 3.37. The van der Waals surface area contributed by atoms with Gasteiger partial charge in [0, 0.05) is 18.7 Å². The zero-order chi connectivity index (χ0) is 27.6. The van der Waals surface area contributed by atoms with Crippen LogP contribution < -0.4 is 9.47 Å². The Bertz CT molecular complexity index is 1530. The molecule has 0 N–H and O–H groups in total. The second-order valence-electron chi connectivity index (χ2n) is 9.33. The van der Waals surface area contributed by atoms with E-state index < -0.39 is 52.2 Å². The van der Waals surface area contributed by atoms with Crippen LogP contribution in [0.3, 0.4) is 0 Å². The van der Waals surface area contributed by atoms with Gasteiger partial charge < -0.3 is 18.9 Å². The van der Waals surface area contributed by atoms with Crippen molar-refractivity contribution >= 4 is 28.3 Å². The lowest BCUT2D eigenvalue weighted by Crippen LogP contribution is -2.62. The van der Waals surface area contributed by atoms with Gasteiger partial charge in [0.1, 0.15) is 11.5 Å². The highest BCUT2D eigenvalue weighted by molar-refractivity contribution is 6.25. The van der Waals surface area contributed by atoms with Crippen molar-refractivity contribution in [3.63, 3.8) is 0 Å². The first-order valence-electron chi connectivity index (χ1n) is 11.8. The predicted molar refractivity (Wildman–Crippen MR) is 130 cm³/mol. The van der Waals surface area contributed by atoms with Crippen molar-refractivity contribution in [3.05, 3.63) is 96.6 Å². The van der Waals surface area contributed by atoms with E-state index in [0.717, 1.165) is 42.9 Å². The van der Waals surface area contributed by atoms with E-state index in [9.17, 15) is 27.6 Å². The molecule has 0 amide bonds. The Morgan fingerprint density at radius 3 is 1.97 bits per heavy atom. The van der Waals surface area contributed by atoms with E-state index in [1.165, 1.54) is 24.3 Å². The summed E-state index contributed by atoms with van der Waals surface area (Å²) in [6.07, 6.45) is -2.91. The molecule has 1 heterocycles. The van der Waals surface area contributed by atoms with Crippen LogP contribution in [0.15, 0.2) is 91.0 Å². The van der Waals surface area contributed by atoms with E-state index in [1.54, 1.807) is 36.4 Å². The topological polar surface area (TPSA) is 88.1 Å². The summed E-state index contributed by atoms with van der Waals surface area (Å²) in [6.45, 7) is 0. The van der Waals surface area contributed by atoms with Crippen LogP contribution in [0.4, 0.5) is 13.2 Å². The lowest BCUT2D eigenvalue weighted by Gasteiger charge is -2.43. The van der Waals surface area contributed by atoms with Crippen LogP contribution in [0, 0.1) is 5.41 Å². The highest BCUT2D eigenvalue weighted by Gasteiger charge is 2.71. The Labute approximate surface area is 219 Å². The van der Waals surface area contributed by atoms with Crippen LogP contribution in [0.5, 0.6) is 11.5 Å². The fourth-order valence-electron chi connectivity index (χ4n) is 5.45. The number of esters is 1. The van der Waals surface area contributed by atoms with Gasteiger partial charge in [0.25, 0.3) is 5.60 Å². The van der Waals surface area contributed by atoms with E-state index in [2.05, 4.69) is 0 Å². The Morgan fingerprint density at radius 1 is 0.846 bits per heavy atom. The van der Waals surface area contributed by atoms with Crippen molar-refractivity contribution in [3.8, 4) is 11.5 Å². The summed E-state index contributed by atoms with van der Waals surface area (Å²) in [7, 11) is 0.720. The number of ether oxygens (including phenoxy) is 4. The smallest absolute Gasteiger partial charge is 0.432 e. The summed E-state index contributed by atoms with van der Waals surface area (Å²) < 4.78 is 66.6. The van der Waals surface area contributed by atoms with Gasteiger partial charge in [0.05, 0.1) is 5.39 Å². The molecule has 198 valence electrons. The number of hydrogen-bond acceptors (Lipinski definition) is 7. The van der Waals surface area contributed by atoms with Crippen molar-refractivity contribution in [1.29, 1.82) is 0 Å². The summed E-state index contributed by atoms with van der Waals surface area (Å²) in [4.78, 5) is 39.9. The third kappa shape index (κ3) is 3.24. The molecule has 0 radical (unpaired) electrons. The molecule has 3 aromatic rings. The van der Waals surface area contributed by atoms with Crippen LogP contribution in [-0.4, -0.2) is 42.7 Å². The molecule has 3 aliphatic rings. The number of methoxy groups -OCH3 is 1. The third-order valence-electron chi connectivity index (χ3n) is 7.32. The van der Waals surface area contributed by atoms with Gasteiger partial charge in [-0.15, -0.1) is 0 Å². The fraction of sp³-hybridized carbons (Fsp3) is 0.207. The van der Waals surface area contributed by atoms with Crippen LogP contribution in [0.2, 0.25) is 0 Å². The first-order valence-corrected chi connectivity index (χ1v) is 11.8. The van der Waals surface area contributed by atoms with Crippen LogP contribution in [0.25, 0.3) is 10.8 Å². The first kappa shape index (κ1) is 24.9. The van der Waals surface area contributed by atoms with Crippen molar-refractivity contribution in [2.75, 3.05) is 7.11 Å². The molecule has 0 aromatic heterocycles. The molecule has 10 heteroatoms. The van der Waals surface area contributed by atoms with Crippen LogP contribution in [-0.2, 0) is 29.5 Å². The van der Waals surface area contributed by atoms with Crippen molar-refractivity contribution < 1.29 is 46.5 Å². The second-order valence-corrected chi connectivity index (χ2v) is 9.33. The average molecular weight is 536 g/mol. The summed E-state index contributed by atoms with van der Waals surface area (Å²) in [5, 5.41) is 1.32. The summed E-state index contributed by atoms with van der Waals surface area (Å²) in [6, 6.07) is 16.4. The standard InChI is InChI=1S/C29H19F3O7/c1-36-28(29(30,31)32,18-9-3-2-4-10-18)25(35)37-24-26(21(33)13-14-22(26)34)15-16-27(24)38-19-11-5-7-17-8-6-12-20(39-27)23(17)19/h2-16,24H,1H3/t24?,28-/m1/s1. The minimum Gasteiger partial charge on any atom is -0.449 e. The third-order valence-corrected chi connectivity index (χ3v) is 7.32. The van der Waals surface area contributed by atoms with Gasteiger partial charge in [-0.05, 0) is 29.7 Å². The Kier molecular flexibility index (Phi) is 5.28. The minimum absolute atomic E-state index is 0.264. The van der Waals surface area contributed by atoms with Gasteiger partial charge in [0.2, 0.25) is 6.10 Å². The normalized spacial score (nSPS) is 21.7. The molecule has 3 aromatic carbocycles. The number of alkyl halides is 3. The fourth-order valence-corrected chi connectivity index (χ4v) is 5.45.